The van der Waals surface area contributed by atoms with Crippen LogP contribution in [0.15, 0.2) is 47.3 Å². The molecule has 0 atom stereocenters. The second-order valence-corrected chi connectivity index (χ2v) is 7.44. The summed E-state index contributed by atoms with van der Waals surface area (Å²) in [7, 11) is 0. The normalized spacial score (nSPS) is 11.1. The van der Waals surface area contributed by atoms with Crippen LogP contribution in [0.4, 0.5) is 5.13 Å². The van der Waals surface area contributed by atoms with Crippen molar-refractivity contribution in [3.05, 3.63) is 52.8 Å². The SMILES string of the molecule is CCCCNc1nc(-c2ccccc2)c(-c2ccc(=O)n(C(C)C)n2)s1. The number of hydrogen-bond acceptors (Lipinski definition) is 5. The third-order valence-corrected chi connectivity index (χ3v) is 5.06. The van der Waals surface area contributed by atoms with E-state index in [1.165, 1.54) is 4.68 Å². The van der Waals surface area contributed by atoms with E-state index in [9.17, 15) is 4.79 Å². The van der Waals surface area contributed by atoms with E-state index in [2.05, 4.69) is 17.3 Å². The van der Waals surface area contributed by atoms with Gasteiger partial charge in [-0.1, -0.05) is 55.0 Å². The highest BCUT2D eigenvalue weighted by Gasteiger charge is 2.17. The summed E-state index contributed by atoms with van der Waals surface area (Å²) in [5, 5.41) is 8.88. The van der Waals surface area contributed by atoms with Crippen LogP contribution in [-0.4, -0.2) is 21.3 Å². The molecule has 2 heterocycles. The van der Waals surface area contributed by atoms with Crippen molar-refractivity contribution in [3.8, 4) is 21.8 Å². The quantitative estimate of drug-likeness (QED) is 0.607. The first-order valence-corrected chi connectivity index (χ1v) is 9.82. The summed E-state index contributed by atoms with van der Waals surface area (Å²) in [6.07, 6.45) is 2.24. The van der Waals surface area contributed by atoms with Gasteiger partial charge >= 0.3 is 0 Å². The summed E-state index contributed by atoms with van der Waals surface area (Å²) in [4.78, 5) is 17.8. The second kappa shape index (κ2) is 8.27. The molecule has 0 aliphatic rings. The Hall–Kier alpha value is -2.47. The fourth-order valence-corrected chi connectivity index (χ4v) is 3.63. The molecule has 1 N–H and O–H groups in total. The summed E-state index contributed by atoms with van der Waals surface area (Å²) < 4.78 is 1.52. The van der Waals surface area contributed by atoms with Crippen molar-refractivity contribution in [1.82, 2.24) is 14.8 Å². The number of unbranched alkanes of at least 4 members (excludes halogenated alkanes) is 1. The maximum atomic E-state index is 12.1. The average molecular weight is 369 g/mol. The number of benzene rings is 1. The third-order valence-electron chi connectivity index (χ3n) is 4.03. The molecule has 0 amide bonds. The fourth-order valence-electron chi connectivity index (χ4n) is 2.65. The van der Waals surface area contributed by atoms with E-state index < -0.39 is 0 Å². The Morgan fingerprint density at radius 2 is 1.92 bits per heavy atom. The van der Waals surface area contributed by atoms with Crippen molar-refractivity contribution in [2.24, 2.45) is 0 Å². The molecule has 0 bridgehead atoms. The first-order valence-electron chi connectivity index (χ1n) is 9.00. The molecular formula is C20H24N4OS. The van der Waals surface area contributed by atoms with Crippen LogP contribution in [0.1, 0.15) is 39.7 Å². The monoisotopic (exact) mass is 368 g/mol. The topological polar surface area (TPSA) is 59.8 Å². The zero-order chi connectivity index (χ0) is 18.5. The van der Waals surface area contributed by atoms with Crippen molar-refractivity contribution in [2.75, 3.05) is 11.9 Å². The fraction of sp³-hybridized carbons (Fsp3) is 0.350. The maximum absolute atomic E-state index is 12.1. The highest BCUT2D eigenvalue weighted by Crippen LogP contribution is 2.37. The van der Waals surface area contributed by atoms with Gasteiger partial charge in [-0.05, 0) is 26.3 Å². The van der Waals surface area contributed by atoms with Crippen molar-refractivity contribution < 1.29 is 0 Å². The van der Waals surface area contributed by atoms with E-state index in [0.717, 1.165) is 46.3 Å². The zero-order valence-corrected chi connectivity index (χ0v) is 16.2. The van der Waals surface area contributed by atoms with Gasteiger partial charge in [0, 0.05) is 18.2 Å². The van der Waals surface area contributed by atoms with Crippen LogP contribution in [0.25, 0.3) is 21.8 Å². The number of nitrogens with zero attached hydrogens (tertiary/aromatic N) is 3. The first kappa shape index (κ1) is 18.3. The van der Waals surface area contributed by atoms with E-state index in [1.54, 1.807) is 23.5 Å². The Kier molecular flexibility index (Phi) is 5.83. The number of nitrogens with one attached hydrogen (secondary N) is 1. The molecule has 0 aliphatic heterocycles. The van der Waals surface area contributed by atoms with E-state index in [4.69, 9.17) is 4.98 Å². The van der Waals surface area contributed by atoms with Gasteiger partial charge < -0.3 is 5.32 Å². The molecule has 26 heavy (non-hydrogen) atoms. The Morgan fingerprint density at radius 3 is 2.62 bits per heavy atom. The molecule has 0 fully saturated rings. The van der Waals surface area contributed by atoms with E-state index in [0.29, 0.717) is 0 Å². The summed E-state index contributed by atoms with van der Waals surface area (Å²) in [6, 6.07) is 13.5. The maximum Gasteiger partial charge on any atom is 0.267 e. The molecule has 0 unspecified atom stereocenters. The minimum Gasteiger partial charge on any atom is -0.361 e. The standard InChI is InChI=1S/C20H24N4OS/c1-4-5-13-21-20-22-18(15-9-7-6-8-10-15)19(26-20)16-11-12-17(25)24(23-16)14(2)3/h6-12,14H,4-5,13H2,1-3H3,(H,21,22). The molecule has 5 nitrogen and oxygen atoms in total. The van der Waals surface area contributed by atoms with Crippen LogP contribution < -0.4 is 10.9 Å². The number of thiazole rings is 1. The molecule has 0 aliphatic carbocycles. The molecule has 6 heteroatoms. The zero-order valence-electron chi connectivity index (χ0n) is 15.4. The molecule has 2 aromatic heterocycles. The number of anilines is 1. The lowest BCUT2D eigenvalue weighted by atomic mass is 10.1. The first-order chi connectivity index (χ1) is 12.6. The van der Waals surface area contributed by atoms with Crippen molar-refractivity contribution in [2.45, 2.75) is 39.7 Å². The smallest absolute Gasteiger partial charge is 0.267 e. The van der Waals surface area contributed by atoms with E-state index in [1.807, 2.05) is 44.2 Å². The van der Waals surface area contributed by atoms with Gasteiger partial charge in [-0.2, -0.15) is 5.10 Å². The van der Waals surface area contributed by atoms with Crippen LogP contribution in [0.3, 0.4) is 0 Å². The van der Waals surface area contributed by atoms with Crippen LogP contribution >= 0.6 is 11.3 Å². The number of rotatable bonds is 7. The highest BCUT2D eigenvalue weighted by molar-refractivity contribution is 7.19. The summed E-state index contributed by atoms with van der Waals surface area (Å²) in [5.41, 5.74) is 2.64. The molecule has 0 saturated carbocycles. The lowest BCUT2D eigenvalue weighted by Gasteiger charge is -2.09. The molecule has 0 spiro atoms. The molecule has 0 radical (unpaired) electrons. The van der Waals surface area contributed by atoms with Crippen LogP contribution in [0.2, 0.25) is 0 Å². The van der Waals surface area contributed by atoms with Gasteiger partial charge in [0.1, 0.15) is 5.69 Å². The predicted molar refractivity (Wildman–Crippen MR) is 109 cm³/mol. The molecule has 0 saturated heterocycles. The Morgan fingerprint density at radius 1 is 1.15 bits per heavy atom. The van der Waals surface area contributed by atoms with E-state index in [-0.39, 0.29) is 11.6 Å². The molecule has 1 aromatic carbocycles. The summed E-state index contributed by atoms with van der Waals surface area (Å²) >= 11 is 1.58. The number of hydrogen-bond donors (Lipinski definition) is 1. The van der Waals surface area contributed by atoms with Gasteiger partial charge in [-0.3, -0.25) is 4.79 Å². The Balaban J connectivity index is 2.07. The number of aromatic nitrogens is 3. The minimum atomic E-state index is -0.0872. The molecular weight excluding hydrogens is 344 g/mol. The largest absolute Gasteiger partial charge is 0.361 e. The van der Waals surface area contributed by atoms with Crippen LogP contribution in [0.5, 0.6) is 0 Å². The lowest BCUT2D eigenvalue weighted by Crippen LogP contribution is -2.23. The van der Waals surface area contributed by atoms with Gasteiger partial charge in [-0.15, -0.1) is 0 Å². The Labute approximate surface area is 157 Å². The van der Waals surface area contributed by atoms with Gasteiger partial charge in [-0.25, -0.2) is 9.67 Å². The van der Waals surface area contributed by atoms with E-state index >= 15 is 0 Å². The average Bonchev–Trinajstić information content (AvgIpc) is 3.07. The lowest BCUT2D eigenvalue weighted by molar-refractivity contribution is 0.505. The Bertz CT molecular complexity index is 915. The summed E-state index contributed by atoms with van der Waals surface area (Å²) in [5.74, 6) is 0. The molecule has 136 valence electrons. The minimum absolute atomic E-state index is 0.0118. The van der Waals surface area contributed by atoms with Gasteiger partial charge in [0.25, 0.3) is 5.56 Å². The third kappa shape index (κ3) is 4.02. The predicted octanol–water partition coefficient (Wildman–Crippen LogP) is 4.83. The van der Waals surface area contributed by atoms with Crippen LogP contribution in [-0.2, 0) is 0 Å². The summed E-state index contributed by atoms with van der Waals surface area (Å²) in [6.45, 7) is 6.99. The van der Waals surface area contributed by atoms with Crippen molar-refractivity contribution in [1.29, 1.82) is 0 Å². The van der Waals surface area contributed by atoms with Gasteiger partial charge in [0.05, 0.1) is 16.6 Å². The van der Waals surface area contributed by atoms with Crippen molar-refractivity contribution in [3.63, 3.8) is 0 Å². The highest BCUT2D eigenvalue weighted by atomic mass is 32.1. The van der Waals surface area contributed by atoms with Gasteiger partial charge in [0.15, 0.2) is 5.13 Å². The second-order valence-electron chi connectivity index (χ2n) is 6.44. The van der Waals surface area contributed by atoms with Crippen LogP contribution in [0, 0.1) is 0 Å². The molecule has 3 aromatic rings. The van der Waals surface area contributed by atoms with Gasteiger partial charge in [0.2, 0.25) is 0 Å². The molecule has 3 rings (SSSR count). The van der Waals surface area contributed by atoms with Crippen molar-refractivity contribution >= 4 is 16.5 Å².